The molecule has 0 aromatic heterocycles. The predicted octanol–water partition coefficient (Wildman–Crippen LogP) is 0.204. The van der Waals surface area contributed by atoms with E-state index in [2.05, 4.69) is 0 Å². The molecule has 0 atom stereocenters. The van der Waals surface area contributed by atoms with Crippen molar-refractivity contribution in [2.45, 2.75) is 17.6 Å². The minimum absolute atomic E-state index is 0.0389. The molecule has 2 saturated heterocycles. The summed E-state index contributed by atoms with van der Waals surface area (Å²) in [5.74, 6) is -1.58. The van der Waals surface area contributed by atoms with Crippen molar-refractivity contribution >= 4 is 21.6 Å². The SMILES string of the molecule is N#Cc1ccc(N2CCN(S(=O)(=O)C3(C(=O)NO)CCOCC3)CC2)cc1F. The Morgan fingerprint density at radius 3 is 2.43 bits per heavy atom. The highest BCUT2D eigenvalue weighted by molar-refractivity contribution is 7.91. The van der Waals surface area contributed by atoms with Crippen molar-refractivity contribution in [3.05, 3.63) is 29.6 Å². The quantitative estimate of drug-likeness (QED) is 0.535. The molecule has 11 heteroatoms. The molecule has 3 rings (SSSR count). The maximum absolute atomic E-state index is 13.9. The topological polar surface area (TPSA) is 123 Å². The van der Waals surface area contributed by atoms with Gasteiger partial charge in [-0.05, 0) is 18.2 Å². The van der Waals surface area contributed by atoms with Crippen molar-refractivity contribution in [1.29, 1.82) is 5.26 Å². The maximum Gasteiger partial charge on any atom is 0.266 e. The Morgan fingerprint density at radius 2 is 1.89 bits per heavy atom. The van der Waals surface area contributed by atoms with E-state index in [9.17, 15) is 17.6 Å². The molecule has 152 valence electrons. The van der Waals surface area contributed by atoms with E-state index in [0.29, 0.717) is 18.8 Å². The molecule has 0 spiro atoms. The summed E-state index contributed by atoms with van der Waals surface area (Å²) in [6, 6.07) is 6.01. The average Bonchev–Trinajstić information content (AvgIpc) is 2.73. The highest BCUT2D eigenvalue weighted by Crippen LogP contribution is 2.34. The van der Waals surface area contributed by atoms with Crippen LogP contribution in [0.1, 0.15) is 18.4 Å². The van der Waals surface area contributed by atoms with E-state index in [1.807, 2.05) is 4.90 Å². The van der Waals surface area contributed by atoms with Crippen molar-refractivity contribution in [2.24, 2.45) is 0 Å². The molecule has 1 aromatic carbocycles. The second-order valence-electron chi connectivity index (χ2n) is 6.71. The second kappa shape index (κ2) is 8.00. The summed E-state index contributed by atoms with van der Waals surface area (Å²) in [6.07, 6.45) is -0.0778. The van der Waals surface area contributed by atoms with E-state index < -0.39 is 26.5 Å². The number of carbonyl (C=O) groups excluding carboxylic acids is 1. The maximum atomic E-state index is 13.9. The summed E-state index contributed by atoms with van der Waals surface area (Å²) in [5, 5.41) is 17.9. The standard InChI is InChI=1S/C17H21FN4O5S/c18-15-11-14(2-1-13(15)12-19)21-5-7-22(8-6-21)28(25,26)17(16(23)20-24)3-9-27-10-4-17/h1-2,11,24H,3-10H2,(H,20,23). The number of rotatable bonds is 4. The van der Waals surface area contributed by atoms with Crippen LogP contribution in [0, 0.1) is 17.1 Å². The van der Waals surface area contributed by atoms with Gasteiger partial charge in [-0.15, -0.1) is 0 Å². The lowest BCUT2D eigenvalue weighted by Crippen LogP contribution is -2.62. The first-order valence-corrected chi connectivity index (χ1v) is 10.3. The van der Waals surface area contributed by atoms with Crippen molar-refractivity contribution in [1.82, 2.24) is 9.79 Å². The van der Waals surface area contributed by atoms with Crippen LogP contribution in [0.15, 0.2) is 18.2 Å². The fraction of sp³-hybridized carbons (Fsp3) is 0.529. The third kappa shape index (κ3) is 3.44. The van der Waals surface area contributed by atoms with Crippen molar-refractivity contribution < 1.29 is 27.5 Å². The summed E-state index contributed by atoms with van der Waals surface area (Å²) in [4.78, 5) is 14.1. The third-order valence-corrected chi connectivity index (χ3v) is 7.95. The van der Waals surface area contributed by atoms with E-state index in [1.165, 1.54) is 21.9 Å². The minimum Gasteiger partial charge on any atom is -0.381 e. The van der Waals surface area contributed by atoms with Crippen LogP contribution in [-0.2, 0) is 19.6 Å². The molecule has 0 bridgehead atoms. The van der Waals surface area contributed by atoms with E-state index in [1.54, 1.807) is 12.1 Å². The molecule has 2 aliphatic heterocycles. The fourth-order valence-corrected chi connectivity index (χ4v) is 5.73. The van der Waals surface area contributed by atoms with Crippen molar-refractivity contribution in [3.63, 3.8) is 0 Å². The highest BCUT2D eigenvalue weighted by Gasteiger charge is 2.54. The van der Waals surface area contributed by atoms with E-state index >= 15 is 0 Å². The molecule has 2 fully saturated rings. The number of nitriles is 1. The molecular formula is C17H21FN4O5S. The first-order valence-electron chi connectivity index (χ1n) is 8.82. The molecule has 0 aliphatic carbocycles. The van der Waals surface area contributed by atoms with Gasteiger partial charge < -0.3 is 9.64 Å². The van der Waals surface area contributed by atoms with Gasteiger partial charge in [0.2, 0.25) is 10.0 Å². The van der Waals surface area contributed by atoms with Gasteiger partial charge in [0.1, 0.15) is 11.9 Å². The number of amides is 1. The van der Waals surface area contributed by atoms with Gasteiger partial charge >= 0.3 is 0 Å². The number of piperazine rings is 1. The Bertz CT molecular complexity index is 887. The molecule has 1 amide bonds. The number of sulfonamides is 1. The summed E-state index contributed by atoms with van der Waals surface area (Å²) < 4.78 is 45.0. The van der Waals surface area contributed by atoms with Crippen LogP contribution in [0.2, 0.25) is 0 Å². The number of anilines is 1. The van der Waals surface area contributed by atoms with E-state index in [-0.39, 0.29) is 44.7 Å². The monoisotopic (exact) mass is 412 g/mol. The van der Waals surface area contributed by atoms with Gasteiger partial charge in [0, 0.05) is 57.9 Å². The Balaban J connectivity index is 1.77. The van der Waals surface area contributed by atoms with E-state index in [0.717, 1.165) is 0 Å². The Morgan fingerprint density at radius 1 is 1.25 bits per heavy atom. The molecule has 28 heavy (non-hydrogen) atoms. The highest BCUT2D eigenvalue weighted by atomic mass is 32.2. The fourth-order valence-electron chi connectivity index (χ4n) is 3.63. The number of nitrogens with one attached hydrogen (secondary N) is 1. The number of hydroxylamine groups is 1. The van der Waals surface area contributed by atoms with Gasteiger partial charge in [0.25, 0.3) is 5.91 Å². The number of ether oxygens (including phenoxy) is 1. The number of carbonyl (C=O) groups is 1. The predicted molar refractivity (Wildman–Crippen MR) is 96.5 cm³/mol. The van der Waals surface area contributed by atoms with Gasteiger partial charge in [-0.2, -0.15) is 9.57 Å². The molecule has 0 radical (unpaired) electrons. The Hall–Kier alpha value is -2.26. The normalized spacial score (nSPS) is 20.4. The van der Waals surface area contributed by atoms with E-state index in [4.69, 9.17) is 15.2 Å². The van der Waals surface area contributed by atoms with Crippen molar-refractivity contribution in [2.75, 3.05) is 44.3 Å². The molecule has 2 heterocycles. The molecular weight excluding hydrogens is 391 g/mol. The largest absolute Gasteiger partial charge is 0.381 e. The van der Waals surface area contributed by atoms with Crippen LogP contribution >= 0.6 is 0 Å². The van der Waals surface area contributed by atoms with Gasteiger partial charge in [0.15, 0.2) is 4.75 Å². The number of hydrogen-bond acceptors (Lipinski definition) is 7. The lowest BCUT2D eigenvalue weighted by molar-refractivity contribution is -0.134. The molecule has 1 aromatic rings. The lowest BCUT2D eigenvalue weighted by Gasteiger charge is -2.42. The Kier molecular flexibility index (Phi) is 5.85. The molecule has 9 nitrogen and oxygen atoms in total. The summed E-state index contributed by atoms with van der Waals surface area (Å²) in [6.45, 7) is 1.06. The van der Waals surface area contributed by atoms with Crippen molar-refractivity contribution in [3.8, 4) is 6.07 Å². The zero-order chi connectivity index (χ0) is 20.4. The second-order valence-corrected chi connectivity index (χ2v) is 8.96. The summed E-state index contributed by atoms with van der Waals surface area (Å²) in [7, 11) is -4.05. The first-order chi connectivity index (χ1) is 13.4. The van der Waals surface area contributed by atoms with Gasteiger partial charge in [-0.3, -0.25) is 10.0 Å². The van der Waals surface area contributed by atoms with Crippen LogP contribution in [0.25, 0.3) is 0 Å². The molecule has 0 unspecified atom stereocenters. The lowest BCUT2D eigenvalue weighted by atomic mass is 9.98. The number of nitrogens with zero attached hydrogens (tertiary/aromatic N) is 3. The van der Waals surface area contributed by atoms with Crippen LogP contribution in [0.3, 0.4) is 0 Å². The first kappa shape index (κ1) is 20.5. The molecule has 0 saturated carbocycles. The van der Waals surface area contributed by atoms with Gasteiger partial charge in [-0.25, -0.2) is 18.3 Å². The van der Waals surface area contributed by atoms with Crippen LogP contribution in [-0.4, -0.2) is 68.0 Å². The summed E-state index contributed by atoms with van der Waals surface area (Å²) in [5.41, 5.74) is 2.00. The third-order valence-electron chi connectivity index (χ3n) is 5.33. The average molecular weight is 412 g/mol. The number of hydrogen-bond donors (Lipinski definition) is 2. The Labute approximate surface area is 162 Å². The van der Waals surface area contributed by atoms with Crippen LogP contribution in [0.4, 0.5) is 10.1 Å². The number of halogens is 1. The van der Waals surface area contributed by atoms with Crippen LogP contribution in [0.5, 0.6) is 0 Å². The molecule has 2 aliphatic rings. The molecule has 2 N–H and O–H groups in total. The minimum atomic E-state index is -4.05. The number of benzene rings is 1. The smallest absolute Gasteiger partial charge is 0.266 e. The van der Waals surface area contributed by atoms with Gasteiger partial charge in [-0.1, -0.05) is 0 Å². The summed E-state index contributed by atoms with van der Waals surface area (Å²) >= 11 is 0. The van der Waals surface area contributed by atoms with Crippen LogP contribution < -0.4 is 10.4 Å². The zero-order valence-electron chi connectivity index (χ0n) is 15.1. The van der Waals surface area contributed by atoms with Gasteiger partial charge in [0.05, 0.1) is 5.56 Å². The zero-order valence-corrected chi connectivity index (χ0v) is 15.9.